The van der Waals surface area contributed by atoms with Crippen LogP contribution in [0.25, 0.3) is 0 Å². The molecule has 2 N–H and O–H groups in total. The SMILES string of the molecule is CSc1ccc(S(=O)(=O)Nc2cccc(N(C)S(C)(=O)=O)c2)cc1NC(C)=O. The van der Waals surface area contributed by atoms with E-state index in [2.05, 4.69) is 10.0 Å². The van der Waals surface area contributed by atoms with E-state index < -0.39 is 20.0 Å². The van der Waals surface area contributed by atoms with Crippen LogP contribution < -0.4 is 14.3 Å². The van der Waals surface area contributed by atoms with Crippen molar-refractivity contribution in [3.63, 3.8) is 0 Å². The molecule has 152 valence electrons. The molecule has 2 aromatic carbocycles. The summed E-state index contributed by atoms with van der Waals surface area (Å²) in [6.07, 6.45) is 2.87. The molecule has 0 radical (unpaired) electrons. The number of benzene rings is 2. The molecule has 0 spiro atoms. The van der Waals surface area contributed by atoms with Gasteiger partial charge in [-0.05, 0) is 42.7 Å². The van der Waals surface area contributed by atoms with Gasteiger partial charge in [-0.2, -0.15) is 0 Å². The van der Waals surface area contributed by atoms with Crippen molar-refractivity contribution in [3.05, 3.63) is 42.5 Å². The number of nitrogens with zero attached hydrogens (tertiary/aromatic N) is 1. The predicted molar refractivity (Wildman–Crippen MR) is 113 cm³/mol. The number of nitrogens with one attached hydrogen (secondary N) is 2. The maximum Gasteiger partial charge on any atom is 0.261 e. The van der Waals surface area contributed by atoms with Crippen LogP contribution in [0.2, 0.25) is 0 Å². The average Bonchev–Trinajstić information content (AvgIpc) is 2.59. The Morgan fingerprint density at radius 2 is 1.75 bits per heavy atom. The summed E-state index contributed by atoms with van der Waals surface area (Å²) in [6, 6.07) is 10.5. The predicted octanol–water partition coefficient (Wildman–Crippen LogP) is 2.56. The molecule has 0 bridgehead atoms. The van der Waals surface area contributed by atoms with Gasteiger partial charge in [-0.3, -0.25) is 13.8 Å². The molecule has 0 unspecified atom stereocenters. The van der Waals surface area contributed by atoms with Gasteiger partial charge in [0.15, 0.2) is 0 Å². The normalized spacial score (nSPS) is 11.7. The molecule has 0 aliphatic carbocycles. The van der Waals surface area contributed by atoms with E-state index in [0.29, 0.717) is 11.4 Å². The highest BCUT2D eigenvalue weighted by Gasteiger charge is 2.18. The highest BCUT2D eigenvalue weighted by atomic mass is 32.2. The van der Waals surface area contributed by atoms with Crippen molar-refractivity contribution >= 4 is 54.8 Å². The zero-order chi connectivity index (χ0) is 21.1. The molecule has 0 saturated carbocycles. The van der Waals surface area contributed by atoms with Gasteiger partial charge in [-0.15, -0.1) is 11.8 Å². The minimum atomic E-state index is -3.95. The lowest BCUT2D eigenvalue weighted by molar-refractivity contribution is -0.114. The molecule has 11 heteroatoms. The Morgan fingerprint density at radius 1 is 1.07 bits per heavy atom. The number of amides is 1. The Hall–Kier alpha value is -2.24. The van der Waals surface area contributed by atoms with E-state index >= 15 is 0 Å². The number of anilines is 3. The topological polar surface area (TPSA) is 113 Å². The molecule has 0 fully saturated rings. The van der Waals surface area contributed by atoms with Gasteiger partial charge in [-0.25, -0.2) is 16.8 Å². The molecule has 0 aromatic heterocycles. The van der Waals surface area contributed by atoms with Gasteiger partial charge in [0, 0.05) is 18.9 Å². The van der Waals surface area contributed by atoms with Crippen molar-refractivity contribution in [1.82, 2.24) is 0 Å². The van der Waals surface area contributed by atoms with Gasteiger partial charge in [0.2, 0.25) is 15.9 Å². The first kappa shape index (κ1) is 22.1. The molecule has 28 heavy (non-hydrogen) atoms. The average molecular weight is 444 g/mol. The Balaban J connectivity index is 2.38. The van der Waals surface area contributed by atoms with E-state index in [0.717, 1.165) is 15.5 Å². The highest BCUT2D eigenvalue weighted by molar-refractivity contribution is 7.98. The first-order chi connectivity index (χ1) is 12.9. The number of rotatable bonds is 7. The largest absolute Gasteiger partial charge is 0.325 e. The molecule has 2 aromatic rings. The van der Waals surface area contributed by atoms with Crippen LogP contribution >= 0.6 is 11.8 Å². The van der Waals surface area contributed by atoms with Crippen molar-refractivity contribution in [2.45, 2.75) is 16.7 Å². The quantitative estimate of drug-likeness (QED) is 0.636. The lowest BCUT2D eigenvalue weighted by atomic mass is 10.3. The van der Waals surface area contributed by atoms with Crippen LogP contribution in [0.5, 0.6) is 0 Å². The summed E-state index contributed by atoms with van der Waals surface area (Å²) < 4.78 is 52.4. The van der Waals surface area contributed by atoms with Crippen LogP contribution in [0.1, 0.15) is 6.92 Å². The fourth-order valence-electron chi connectivity index (χ4n) is 2.31. The van der Waals surface area contributed by atoms with Gasteiger partial charge >= 0.3 is 0 Å². The Morgan fingerprint density at radius 3 is 2.32 bits per heavy atom. The van der Waals surface area contributed by atoms with Crippen LogP contribution in [-0.4, -0.2) is 42.3 Å². The molecule has 0 atom stereocenters. The molecule has 0 aliphatic heterocycles. The lowest BCUT2D eigenvalue weighted by Crippen LogP contribution is -2.24. The Kier molecular flexibility index (Phi) is 6.63. The molecule has 0 heterocycles. The van der Waals surface area contributed by atoms with E-state index in [9.17, 15) is 21.6 Å². The first-order valence-corrected chi connectivity index (χ1v) is 12.5. The minimum absolute atomic E-state index is 0.0316. The highest BCUT2D eigenvalue weighted by Crippen LogP contribution is 2.29. The summed E-state index contributed by atoms with van der Waals surface area (Å²) in [4.78, 5) is 12.1. The van der Waals surface area contributed by atoms with Crippen molar-refractivity contribution < 1.29 is 21.6 Å². The van der Waals surface area contributed by atoms with E-state index in [4.69, 9.17) is 0 Å². The van der Waals surface area contributed by atoms with Crippen molar-refractivity contribution in [3.8, 4) is 0 Å². The van der Waals surface area contributed by atoms with Crippen molar-refractivity contribution in [2.24, 2.45) is 0 Å². The maximum atomic E-state index is 12.8. The monoisotopic (exact) mass is 443 g/mol. The van der Waals surface area contributed by atoms with E-state index in [-0.39, 0.29) is 16.5 Å². The lowest BCUT2D eigenvalue weighted by Gasteiger charge is -2.18. The standard InChI is InChI=1S/C17H21N3O5S3/c1-12(21)18-16-11-15(8-9-17(16)26-3)28(24,25)19-13-6-5-7-14(10-13)20(2)27(4,22)23/h5-11,19H,1-4H3,(H,18,21). The zero-order valence-electron chi connectivity index (χ0n) is 15.8. The van der Waals surface area contributed by atoms with Gasteiger partial charge in [0.25, 0.3) is 10.0 Å². The molecule has 2 rings (SSSR count). The van der Waals surface area contributed by atoms with Gasteiger partial charge in [0.1, 0.15) is 0 Å². The number of thioether (sulfide) groups is 1. The van der Waals surface area contributed by atoms with E-state index in [1.165, 1.54) is 50.0 Å². The van der Waals surface area contributed by atoms with Gasteiger partial charge in [-0.1, -0.05) is 6.07 Å². The third-order valence-corrected chi connectivity index (χ3v) is 7.13. The molecular formula is C17H21N3O5S3. The van der Waals surface area contributed by atoms with Crippen LogP contribution in [0.15, 0.2) is 52.3 Å². The van der Waals surface area contributed by atoms with Crippen molar-refractivity contribution in [1.29, 1.82) is 0 Å². The summed E-state index contributed by atoms with van der Waals surface area (Å²) in [7, 11) is -6.05. The second-order valence-corrected chi connectivity index (χ2v) is 10.5. The molecule has 8 nitrogen and oxygen atoms in total. The summed E-state index contributed by atoms with van der Waals surface area (Å²) in [5.41, 5.74) is 0.927. The van der Waals surface area contributed by atoms with E-state index in [1.54, 1.807) is 18.2 Å². The fraction of sp³-hybridized carbons (Fsp3) is 0.235. The van der Waals surface area contributed by atoms with Gasteiger partial charge < -0.3 is 5.32 Å². The van der Waals surface area contributed by atoms with Crippen molar-refractivity contribution in [2.75, 3.05) is 33.9 Å². The first-order valence-electron chi connectivity index (χ1n) is 7.96. The van der Waals surface area contributed by atoms with Crippen LogP contribution in [-0.2, 0) is 24.8 Å². The third-order valence-electron chi connectivity index (χ3n) is 3.75. The number of hydrogen-bond donors (Lipinski definition) is 2. The summed E-state index contributed by atoms with van der Waals surface area (Å²) in [6.45, 7) is 1.34. The summed E-state index contributed by atoms with van der Waals surface area (Å²) in [5, 5.41) is 2.62. The smallest absolute Gasteiger partial charge is 0.261 e. The number of sulfonamides is 2. The Labute approximate surface area is 169 Å². The number of carbonyl (C=O) groups is 1. The molecule has 0 aliphatic rings. The van der Waals surface area contributed by atoms with Gasteiger partial charge in [0.05, 0.1) is 28.2 Å². The second kappa shape index (κ2) is 8.41. The summed E-state index contributed by atoms with van der Waals surface area (Å²) in [5.74, 6) is -0.311. The van der Waals surface area contributed by atoms with Crippen LogP contribution in [0.3, 0.4) is 0 Å². The molecule has 1 amide bonds. The maximum absolute atomic E-state index is 12.8. The van der Waals surface area contributed by atoms with Crippen LogP contribution in [0.4, 0.5) is 17.1 Å². The molecular weight excluding hydrogens is 422 g/mol. The number of carbonyl (C=O) groups excluding carboxylic acids is 1. The zero-order valence-corrected chi connectivity index (χ0v) is 18.2. The summed E-state index contributed by atoms with van der Waals surface area (Å²) >= 11 is 1.38. The fourth-order valence-corrected chi connectivity index (χ4v) is 4.42. The van der Waals surface area contributed by atoms with E-state index in [1.807, 2.05) is 6.26 Å². The second-order valence-electron chi connectivity index (χ2n) is 5.93. The van der Waals surface area contributed by atoms with Crippen LogP contribution in [0, 0.1) is 0 Å². The number of hydrogen-bond acceptors (Lipinski definition) is 6. The third kappa shape index (κ3) is 5.40. The minimum Gasteiger partial charge on any atom is -0.325 e. The Bertz CT molecular complexity index is 1100. The molecule has 0 saturated heterocycles.